The zero-order chi connectivity index (χ0) is 20.1. The zero-order valence-electron chi connectivity index (χ0n) is 15.6. The Morgan fingerprint density at radius 2 is 1.79 bits per heavy atom. The molecule has 2 N–H and O–H groups in total. The third kappa shape index (κ3) is 5.43. The van der Waals surface area contributed by atoms with Gasteiger partial charge in [0.15, 0.2) is 0 Å². The Morgan fingerprint density at radius 3 is 2.46 bits per heavy atom. The number of nitrogens with one attached hydrogen (secondary N) is 2. The molecule has 8 heteroatoms. The van der Waals surface area contributed by atoms with Crippen LogP contribution in [0.25, 0.3) is 0 Å². The molecule has 5 nitrogen and oxygen atoms in total. The minimum atomic E-state index is -4.44. The van der Waals surface area contributed by atoms with E-state index in [4.69, 9.17) is 0 Å². The Hall–Kier alpha value is -2.64. The minimum absolute atomic E-state index is 0.0883. The van der Waals surface area contributed by atoms with Gasteiger partial charge in [0.2, 0.25) is 5.95 Å². The molecule has 2 aromatic rings. The highest BCUT2D eigenvalue weighted by Crippen LogP contribution is 2.31. The summed E-state index contributed by atoms with van der Waals surface area (Å²) in [5.74, 6) is -0.199. The number of benzene rings is 1. The molecule has 0 unspecified atom stereocenters. The number of anilines is 2. The molecule has 1 aromatic heterocycles. The van der Waals surface area contributed by atoms with Crippen LogP contribution in [-0.2, 0) is 6.18 Å². The minimum Gasteiger partial charge on any atom is -0.348 e. The molecule has 1 aromatic carbocycles. The number of carbonyl (C=O) groups excluding carboxylic acids is 1. The third-order valence-corrected chi connectivity index (χ3v) is 4.72. The fourth-order valence-electron chi connectivity index (χ4n) is 3.33. The molecule has 0 spiro atoms. The SMILES string of the molecule is Cc1cc(C(=O)NC2CCCCCC2)nc(Nc2cccc(C(F)(F)F)c2)n1. The molecule has 1 aliphatic rings. The quantitative estimate of drug-likeness (QED) is 0.719. The highest BCUT2D eigenvalue weighted by atomic mass is 19.4. The number of hydrogen-bond acceptors (Lipinski definition) is 4. The van der Waals surface area contributed by atoms with E-state index < -0.39 is 11.7 Å². The van der Waals surface area contributed by atoms with E-state index in [1.807, 2.05) is 0 Å². The molecular formula is C20H23F3N4O. The number of carbonyl (C=O) groups is 1. The predicted molar refractivity (Wildman–Crippen MR) is 100 cm³/mol. The molecule has 0 aliphatic heterocycles. The summed E-state index contributed by atoms with van der Waals surface area (Å²) in [6.45, 7) is 1.71. The van der Waals surface area contributed by atoms with Crippen LogP contribution in [0.5, 0.6) is 0 Å². The van der Waals surface area contributed by atoms with Gasteiger partial charge in [-0.15, -0.1) is 0 Å². The molecule has 1 aliphatic carbocycles. The van der Waals surface area contributed by atoms with Gasteiger partial charge in [0.05, 0.1) is 5.56 Å². The van der Waals surface area contributed by atoms with Crippen LogP contribution in [0.2, 0.25) is 0 Å². The molecule has 150 valence electrons. The van der Waals surface area contributed by atoms with Crippen LogP contribution in [0.4, 0.5) is 24.8 Å². The van der Waals surface area contributed by atoms with Crippen molar-refractivity contribution in [2.24, 2.45) is 0 Å². The van der Waals surface area contributed by atoms with E-state index in [1.54, 1.807) is 13.0 Å². The standard InChI is InChI=1S/C20H23F3N4O/c1-13-11-17(18(28)25-15-8-4-2-3-5-9-15)27-19(24-13)26-16-10-6-7-14(12-16)20(21,22)23/h6-7,10-12,15H,2-5,8-9H2,1H3,(H,25,28)(H,24,26,27). The molecule has 1 fully saturated rings. The molecular weight excluding hydrogens is 369 g/mol. The lowest BCUT2D eigenvalue weighted by atomic mass is 10.1. The maximum Gasteiger partial charge on any atom is 0.416 e. The monoisotopic (exact) mass is 392 g/mol. The molecule has 1 amide bonds. The number of amides is 1. The van der Waals surface area contributed by atoms with Crippen LogP contribution >= 0.6 is 0 Å². The number of alkyl halides is 3. The normalized spacial score (nSPS) is 15.7. The van der Waals surface area contributed by atoms with Gasteiger partial charge in [0.1, 0.15) is 5.69 Å². The maximum absolute atomic E-state index is 12.9. The fourth-order valence-corrected chi connectivity index (χ4v) is 3.33. The van der Waals surface area contributed by atoms with Gasteiger partial charge in [-0.3, -0.25) is 4.79 Å². The number of halogens is 3. The Kier molecular flexibility index (Phi) is 6.16. The van der Waals surface area contributed by atoms with Crippen LogP contribution in [0.3, 0.4) is 0 Å². The molecule has 3 rings (SSSR count). The second kappa shape index (κ2) is 8.58. The lowest BCUT2D eigenvalue weighted by Crippen LogP contribution is -2.35. The number of rotatable bonds is 4. The summed E-state index contributed by atoms with van der Waals surface area (Å²) in [6, 6.07) is 6.48. The Morgan fingerprint density at radius 1 is 1.07 bits per heavy atom. The fraction of sp³-hybridized carbons (Fsp3) is 0.450. The summed E-state index contributed by atoms with van der Waals surface area (Å²) >= 11 is 0. The smallest absolute Gasteiger partial charge is 0.348 e. The average Bonchev–Trinajstić information content (AvgIpc) is 2.89. The van der Waals surface area contributed by atoms with Gasteiger partial charge in [0, 0.05) is 17.4 Å². The van der Waals surface area contributed by atoms with Crippen LogP contribution in [-0.4, -0.2) is 21.9 Å². The Balaban J connectivity index is 1.75. The van der Waals surface area contributed by atoms with Crippen LogP contribution in [0, 0.1) is 6.92 Å². The van der Waals surface area contributed by atoms with Crippen molar-refractivity contribution in [1.82, 2.24) is 15.3 Å². The average molecular weight is 392 g/mol. The number of aromatic nitrogens is 2. The van der Waals surface area contributed by atoms with Crippen molar-refractivity contribution >= 4 is 17.5 Å². The van der Waals surface area contributed by atoms with Gasteiger partial charge in [-0.2, -0.15) is 13.2 Å². The van der Waals surface area contributed by atoms with E-state index in [9.17, 15) is 18.0 Å². The van der Waals surface area contributed by atoms with Crippen molar-refractivity contribution in [2.45, 2.75) is 57.7 Å². The van der Waals surface area contributed by atoms with Crippen LogP contribution in [0.15, 0.2) is 30.3 Å². The zero-order valence-corrected chi connectivity index (χ0v) is 15.6. The van der Waals surface area contributed by atoms with Gasteiger partial charge in [-0.1, -0.05) is 31.7 Å². The number of nitrogens with zero attached hydrogens (tertiary/aromatic N) is 2. The number of aryl methyl sites for hydroxylation is 1. The molecule has 0 atom stereocenters. The summed E-state index contributed by atoms with van der Waals surface area (Å²) in [6.07, 6.45) is 2.02. The van der Waals surface area contributed by atoms with Gasteiger partial charge >= 0.3 is 6.18 Å². The van der Waals surface area contributed by atoms with Gasteiger partial charge < -0.3 is 10.6 Å². The summed E-state index contributed by atoms with van der Waals surface area (Å²) in [4.78, 5) is 21.0. The molecule has 0 saturated heterocycles. The van der Waals surface area contributed by atoms with E-state index in [2.05, 4.69) is 20.6 Å². The lowest BCUT2D eigenvalue weighted by molar-refractivity contribution is -0.137. The second-order valence-corrected chi connectivity index (χ2v) is 7.08. The summed E-state index contributed by atoms with van der Waals surface area (Å²) in [5.41, 5.74) is 0.189. The van der Waals surface area contributed by atoms with E-state index in [1.165, 1.54) is 25.0 Å². The van der Waals surface area contributed by atoms with Gasteiger partial charge in [0.25, 0.3) is 5.91 Å². The molecule has 1 heterocycles. The first-order valence-corrected chi connectivity index (χ1v) is 9.42. The highest BCUT2D eigenvalue weighted by Gasteiger charge is 2.30. The predicted octanol–water partition coefficient (Wildman–Crippen LogP) is 5.00. The maximum atomic E-state index is 12.9. The highest BCUT2D eigenvalue weighted by molar-refractivity contribution is 5.92. The first-order chi connectivity index (χ1) is 13.3. The van der Waals surface area contributed by atoms with Crippen molar-refractivity contribution in [1.29, 1.82) is 0 Å². The van der Waals surface area contributed by atoms with Crippen molar-refractivity contribution < 1.29 is 18.0 Å². The molecule has 0 bridgehead atoms. The van der Waals surface area contributed by atoms with E-state index in [0.29, 0.717) is 5.69 Å². The summed E-state index contributed by atoms with van der Waals surface area (Å²) in [7, 11) is 0. The molecule has 0 radical (unpaired) electrons. The van der Waals surface area contributed by atoms with Crippen LogP contribution < -0.4 is 10.6 Å². The van der Waals surface area contributed by atoms with E-state index >= 15 is 0 Å². The Labute approximate surface area is 161 Å². The van der Waals surface area contributed by atoms with Crippen molar-refractivity contribution in [3.8, 4) is 0 Å². The third-order valence-electron chi connectivity index (χ3n) is 4.72. The second-order valence-electron chi connectivity index (χ2n) is 7.08. The largest absolute Gasteiger partial charge is 0.416 e. The van der Waals surface area contributed by atoms with Gasteiger partial charge in [-0.25, -0.2) is 9.97 Å². The first kappa shape index (κ1) is 20.1. The Bertz CT molecular complexity index is 830. The molecule has 1 saturated carbocycles. The van der Waals surface area contributed by atoms with Crippen LogP contribution in [0.1, 0.15) is 60.3 Å². The van der Waals surface area contributed by atoms with Gasteiger partial charge in [-0.05, 0) is 44.0 Å². The van der Waals surface area contributed by atoms with Crippen molar-refractivity contribution in [3.63, 3.8) is 0 Å². The summed E-state index contributed by atoms with van der Waals surface area (Å²) < 4.78 is 38.6. The number of hydrogen-bond donors (Lipinski definition) is 2. The van der Waals surface area contributed by atoms with E-state index in [0.717, 1.165) is 37.8 Å². The topological polar surface area (TPSA) is 66.9 Å². The van der Waals surface area contributed by atoms with Crippen molar-refractivity contribution in [2.75, 3.05) is 5.32 Å². The molecule has 28 heavy (non-hydrogen) atoms. The first-order valence-electron chi connectivity index (χ1n) is 9.42. The van der Waals surface area contributed by atoms with Crippen molar-refractivity contribution in [3.05, 3.63) is 47.3 Å². The summed E-state index contributed by atoms with van der Waals surface area (Å²) in [5, 5.41) is 5.78. The van der Waals surface area contributed by atoms with E-state index in [-0.39, 0.29) is 29.3 Å². The lowest BCUT2D eigenvalue weighted by Gasteiger charge is -2.16.